The standard InChI is InChI=1S/C40H43ClFN7O2/c1-25-14-17-44-27(3)35(25)37-32-23-47(34-12-6-9-28-8-5-11-33(41)36(28)34)19-15-31(32)38(45-39(37)51-24-30-10-7-18-46(30)4)48-20-21-49(40(50)26(2)42)29(22-48)13-16-43/h5-6,8-9,11-12,14,17,29-30H,2,7,10,13,15,18-24H2,1,3-4H3/t29-,30-/m0/s1. The Labute approximate surface area is 303 Å². The number of carbonyl (C=O) groups is 1. The number of rotatable bonds is 8. The maximum Gasteiger partial charge on any atom is 0.282 e. The molecule has 2 fully saturated rings. The van der Waals surface area contributed by atoms with Gasteiger partial charge in [-0.05, 0) is 81.4 Å². The Morgan fingerprint density at radius 2 is 1.86 bits per heavy atom. The van der Waals surface area contributed by atoms with Gasteiger partial charge in [0.2, 0.25) is 5.88 Å². The summed E-state index contributed by atoms with van der Waals surface area (Å²) in [7, 11) is 2.14. The number of hydrogen-bond acceptors (Lipinski definition) is 8. The van der Waals surface area contributed by atoms with E-state index in [0.717, 1.165) is 81.7 Å². The number of anilines is 2. The van der Waals surface area contributed by atoms with E-state index in [2.05, 4.69) is 65.6 Å². The smallest absolute Gasteiger partial charge is 0.282 e. The molecule has 1 amide bonds. The van der Waals surface area contributed by atoms with E-state index in [4.69, 9.17) is 26.3 Å². The molecule has 3 aliphatic rings. The van der Waals surface area contributed by atoms with Crippen LogP contribution in [0.3, 0.4) is 0 Å². The Bertz CT molecular complexity index is 2020. The third kappa shape index (κ3) is 6.61. The Kier molecular flexibility index (Phi) is 9.86. The topological polar surface area (TPSA) is 88.8 Å². The van der Waals surface area contributed by atoms with Crippen molar-refractivity contribution in [3.8, 4) is 23.1 Å². The third-order valence-corrected chi connectivity index (χ3v) is 11.1. The second-order valence-corrected chi connectivity index (χ2v) is 14.3. The zero-order chi connectivity index (χ0) is 35.8. The molecule has 0 aliphatic carbocycles. The van der Waals surface area contributed by atoms with Gasteiger partial charge in [-0.15, -0.1) is 0 Å². The van der Waals surface area contributed by atoms with Crippen LogP contribution in [0.15, 0.2) is 61.1 Å². The second kappa shape index (κ2) is 14.5. The fourth-order valence-electron chi connectivity index (χ4n) is 8.15. The van der Waals surface area contributed by atoms with Crippen LogP contribution in [0.5, 0.6) is 5.88 Å². The summed E-state index contributed by atoms with van der Waals surface area (Å²) in [6, 6.07) is 16.3. The molecule has 2 aromatic carbocycles. The van der Waals surface area contributed by atoms with Crippen molar-refractivity contribution in [3.63, 3.8) is 0 Å². The Hall–Kier alpha value is -4.72. The number of hydrogen-bond donors (Lipinski definition) is 0. The minimum Gasteiger partial charge on any atom is -0.475 e. The number of nitriles is 1. The number of aromatic nitrogens is 2. The highest BCUT2D eigenvalue weighted by Crippen LogP contribution is 2.45. The van der Waals surface area contributed by atoms with Gasteiger partial charge in [0.05, 0.1) is 29.1 Å². The molecule has 0 unspecified atom stereocenters. The maximum absolute atomic E-state index is 14.1. The monoisotopic (exact) mass is 707 g/mol. The first kappa shape index (κ1) is 34.7. The molecule has 0 spiro atoms. The van der Waals surface area contributed by atoms with Crippen LogP contribution < -0.4 is 14.5 Å². The van der Waals surface area contributed by atoms with Gasteiger partial charge >= 0.3 is 0 Å². The number of halogens is 2. The first-order valence-electron chi connectivity index (χ1n) is 17.7. The van der Waals surface area contributed by atoms with Gasteiger partial charge in [0.15, 0.2) is 5.83 Å². The van der Waals surface area contributed by atoms with Crippen LogP contribution in [0.2, 0.25) is 5.02 Å². The number of ether oxygens (including phenoxy) is 1. The van der Waals surface area contributed by atoms with Gasteiger partial charge in [-0.25, -0.2) is 4.39 Å². The predicted octanol–water partition coefficient (Wildman–Crippen LogP) is 7.02. The maximum atomic E-state index is 14.1. The van der Waals surface area contributed by atoms with Crippen LogP contribution in [0.25, 0.3) is 21.9 Å². The molecule has 264 valence electrons. The number of aryl methyl sites for hydroxylation is 2. The predicted molar refractivity (Wildman–Crippen MR) is 200 cm³/mol. The van der Waals surface area contributed by atoms with E-state index in [-0.39, 0.29) is 19.0 Å². The number of likely N-dealkylation sites (tertiary alicyclic amines) is 1. The molecule has 51 heavy (non-hydrogen) atoms. The summed E-state index contributed by atoms with van der Waals surface area (Å²) >= 11 is 6.86. The van der Waals surface area contributed by atoms with Crippen molar-refractivity contribution in [1.82, 2.24) is 19.8 Å². The number of likely N-dealkylation sites (N-methyl/N-ethyl adjacent to an activating group) is 1. The van der Waals surface area contributed by atoms with E-state index in [1.807, 2.05) is 31.3 Å². The average Bonchev–Trinajstić information content (AvgIpc) is 3.54. The zero-order valence-electron chi connectivity index (χ0n) is 29.5. The molecule has 0 saturated carbocycles. The molecule has 2 saturated heterocycles. The lowest BCUT2D eigenvalue weighted by Gasteiger charge is -2.43. The number of benzene rings is 2. The SMILES string of the molecule is C=C(F)C(=O)N1CCN(c2nc(OC[C@@H]3CCCN3C)c(-c3c(C)ccnc3C)c3c2CCN(c2cccc4cccc(Cl)c24)C3)C[C@@H]1CC#N. The van der Waals surface area contributed by atoms with Crippen molar-refractivity contribution in [2.24, 2.45) is 0 Å². The van der Waals surface area contributed by atoms with Crippen molar-refractivity contribution >= 4 is 39.8 Å². The summed E-state index contributed by atoms with van der Waals surface area (Å²) in [6.07, 6.45) is 4.77. The molecule has 2 aromatic heterocycles. The highest BCUT2D eigenvalue weighted by atomic mass is 35.5. The van der Waals surface area contributed by atoms with Gasteiger partial charge in [-0.2, -0.15) is 10.2 Å². The number of pyridine rings is 2. The minimum atomic E-state index is -1.02. The van der Waals surface area contributed by atoms with Gasteiger partial charge in [-0.1, -0.05) is 42.4 Å². The lowest BCUT2D eigenvalue weighted by molar-refractivity contribution is -0.131. The van der Waals surface area contributed by atoms with Gasteiger partial charge in [0.25, 0.3) is 5.91 Å². The van der Waals surface area contributed by atoms with Crippen molar-refractivity contribution in [3.05, 3.63) is 88.5 Å². The summed E-state index contributed by atoms with van der Waals surface area (Å²) in [5.41, 5.74) is 7.22. The van der Waals surface area contributed by atoms with Crippen LogP contribution >= 0.6 is 11.6 Å². The Balaban J connectivity index is 1.39. The first-order valence-corrected chi connectivity index (χ1v) is 18.0. The third-order valence-electron chi connectivity index (χ3n) is 10.8. The summed E-state index contributed by atoms with van der Waals surface area (Å²) < 4.78 is 20.9. The average molecular weight is 708 g/mol. The van der Waals surface area contributed by atoms with E-state index in [9.17, 15) is 14.4 Å². The van der Waals surface area contributed by atoms with Gasteiger partial charge in [0, 0.05) is 72.9 Å². The number of nitrogens with zero attached hydrogens (tertiary/aromatic N) is 7. The summed E-state index contributed by atoms with van der Waals surface area (Å²) in [5.74, 6) is -0.451. The van der Waals surface area contributed by atoms with Crippen molar-refractivity contribution in [2.45, 2.75) is 58.2 Å². The number of fused-ring (bicyclic) bond motifs is 2. The minimum absolute atomic E-state index is 0.0663. The van der Waals surface area contributed by atoms with Gasteiger partial charge in [0.1, 0.15) is 12.4 Å². The van der Waals surface area contributed by atoms with Gasteiger partial charge in [-0.3, -0.25) is 9.78 Å². The summed E-state index contributed by atoms with van der Waals surface area (Å²) in [4.78, 5) is 31.2. The largest absolute Gasteiger partial charge is 0.475 e. The molecule has 9 nitrogen and oxygen atoms in total. The molecule has 5 heterocycles. The Morgan fingerprint density at radius 1 is 1.06 bits per heavy atom. The highest BCUT2D eigenvalue weighted by Gasteiger charge is 2.36. The molecule has 2 atom stereocenters. The van der Waals surface area contributed by atoms with Crippen molar-refractivity contribution < 1.29 is 13.9 Å². The normalized spacial score (nSPS) is 19.3. The molecule has 0 N–H and O–H groups in total. The van der Waals surface area contributed by atoms with Crippen molar-refractivity contribution in [2.75, 3.05) is 56.2 Å². The zero-order valence-corrected chi connectivity index (χ0v) is 30.2. The molecule has 3 aliphatic heterocycles. The van der Waals surface area contributed by atoms with E-state index in [1.54, 1.807) is 0 Å². The first-order chi connectivity index (χ1) is 24.7. The van der Waals surface area contributed by atoms with E-state index < -0.39 is 17.8 Å². The molecule has 0 radical (unpaired) electrons. The Morgan fingerprint density at radius 3 is 2.59 bits per heavy atom. The van der Waals surface area contributed by atoms with E-state index >= 15 is 0 Å². The molecule has 7 rings (SSSR count). The second-order valence-electron chi connectivity index (χ2n) is 13.9. The summed E-state index contributed by atoms with van der Waals surface area (Å²) in [6.45, 7) is 11.2. The summed E-state index contributed by atoms with van der Waals surface area (Å²) in [5, 5.41) is 12.5. The molecular weight excluding hydrogens is 665 g/mol. The quantitative estimate of drug-likeness (QED) is 0.181. The number of amides is 1. The number of carbonyl (C=O) groups excluding carboxylic acids is 1. The van der Waals surface area contributed by atoms with Crippen LogP contribution in [-0.4, -0.2) is 84.1 Å². The molecule has 11 heteroatoms. The fourth-order valence-corrected chi connectivity index (χ4v) is 8.42. The number of piperazine rings is 1. The lowest BCUT2D eigenvalue weighted by atomic mass is 9.88. The van der Waals surface area contributed by atoms with E-state index in [1.165, 1.54) is 4.90 Å². The lowest BCUT2D eigenvalue weighted by Crippen LogP contribution is -2.55. The molecular formula is C40H43ClFN7O2. The van der Waals surface area contributed by atoms with Crippen LogP contribution in [-0.2, 0) is 17.8 Å². The van der Waals surface area contributed by atoms with E-state index in [0.29, 0.717) is 43.6 Å². The van der Waals surface area contributed by atoms with Crippen LogP contribution in [0.4, 0.5) is 15.9 Å². The molecule has 0 bridgehead atoms. The van der Waals surface area contributed by atoms with Crippen LogP contribution in [0.1, 0.15) is 41.6 Å². The van der Waals surface area contributed by atoms with Gasteiger partial charge < -0.3 is 24.3 Å². The fraction of sp³-hybridized carbons (Fsp3) is 0.400. The molecule has 4 aromatic rings. The van der Waals surface area contributed by atoms with Crippen LogP contribution in [0, 0.1) is 25.2 Å². The highest BCUT2D eigenvalue weighted by molar-refractivity contribution is 6.36. The van der Waals surface area contributed by atoms with Crippen molar-refractivity contribution in [1.29, 1.82) is 5.26 Å².